The number of nitrogens with zero attached hydrogens (tertiary/aromatic N) is 1. The van der Waals surface area contributed by atoms with Crippen LogP contribution in [0, 0.1) is 6.92 Å². The van der Waals surface area contributed by atoms with E-state index in [0.29, 0.717) is 19.4 Å². The van der Waals surface area contributed by atoms with Crippen molar-refractivity contribution in [3.63, 3.8) is 0 Å². The molecule has 1 atom stereocenters. The number of anilines is 1. The number of hydrogen-bond acceptors (Lipinski definition) is 2. The molecule has 2 amide bonds. The summed E-state index contributed by atoms with van der Waals surface area (Å²) in [5.74, 6) is -0.1000. The van der Waals surface area contributed by atoms with Crippen molar-refractivity contribution < 1.29 is 9.59 Å². The topological polar surface area (TPSA) is 49.4 Å². The van der Waals surface area contributed by atoms with Gasteiger partial charge in [-0.15, -0.1) is 0 Å². The van der Waals surface area contributed by atoms with Crippen LogP contribution in [-0.2, 0) is 9.59 Å². The van der Waals surface area contributed by atoms with Gasteiger partial charge in [0.2, 0.25) is 5.91 Å². The lowest BCUT2D eigenvalue weighted by Crippen LogP contribution is -2.54. The number of aryl methyl sites for hydroxylation is 1. The largest absolute Gasteiger partial charge is 0.342 e. The number of amides is 2. The quantitative estimate of drug-likeness (QED) is 0.884. The van der Waals surface area contributed by atoms with Gasteiger partial charge in [-0.05, 0) is 32.4 Å². The molecule has 1 unspecified atom stereocenters. The van der Waals surface area contributed by atoms with Gasteiger partial charge in [-0.3, -0.25) is 9.59 Å². The Balaban J connectivity index is 2.36. The molecule has 0 saturated carbocycles. The first-order valence-corrected chi connectivity index (χ1v) is 6.66. The molecule has 1 heterocycles. The normalized spacial score (nSPS) is 24.1. The Kier molecular flexibility index (Phi) is 3.60. The molecule has 2 rings (SSSR count). The smallest absolute Gasteiger partial charge is 0.252 e. The Morgan fingerprint density at radius 2 is 1.89 bits per heavy atom. The molecule has 1 aromatic rings. The maximum Gasteiger partial charge on any atom is 0.252 e. The molecule has 102 valence electrons. The third-order valence-electron chi connectivity index (χ3n) is 3.75. The minimum Gasteiger partial charge on any atom is -0.342 e. The van der Waals surface area contributed by atoms with Crippen molar-refractivity contribution in [3.05, 3.63) is 29.8 Å². The summed E-state index contributed by atoms with van der Waals surface area (Å²) >= 11 is 0. The van der Waals surface area contributed by atoms with E-state index in [2.05, 4.69) is 5.32 Å². The zero-order chi connectivity index (χ0) is 14.0. The van der Waals surface area contributed by atoms with Crippen LogP contribution in [-0.4, -0.2) is 23.9 Å². The van der Waals surface area contributed by atoms with Gasteiger partial charge >= 0.3 is 0 Å². The Labute approximate surface area is 113 Å². The fourth-order valence-electron chi connectivity index (χ4n) is 2.25. The summed E-state index contributed by atoms with van der Waals surface area (Å²) in [5, 5.41) is 2.84. The SMILES string of the molecule is CCC1(C)NC(=O)CCN(c2ccc(C)cc2)C1=O. The first-order chi connectivity index (χ1) is 8.96. The second kappa shape index (κ2) is 5.03. The predicted octanol–water partition coefficient (Wildman–Crippen LogP) is 2.02. The lowest BCUT2D eigenvalue weighted by atomic mass is 9.97. The van der Waals surface area contributed by atoms with Crippen molar-refractivity contribution in [2.45, 2.75) is 39.2 Å². The number of benzene rings is 1. The second-order valence-corrected chi connectivity index (χ2v) is 5.28. The molecule has 19 heavy (non-hydrogen) atoms. The van der Waals surface area contributed by atoms with Crippen LogP contribution in [0.4, 0.5) is 5.69 Å². The summed E-state index contributed by atoms with van der Waals surface area (Å²) in [6, 6.07) is 7.82. The predicted molar refractivity (Wildman–Crippen MR) is 75.0 cm³/mol. The first-order valence-electron chi connectivity index (χ1n) is 6.66. The Bertz CT molecular complexity index is 495. The van der Waals surface area contributed by atoms with Gasteiger partial charge in [0.25, 0.3) is 5.91 Å². The summed E-state index contributed by atoms with van der Waals surface area (Å²) in [6.07, 6.45) is 0.926. The van der Waals surface area contributed by atoms with E-state index in [9.17, 15) is 9.59 Å². The van der Waals surface area contributed by atoms with E-state index in [1.54, 1.807) is 11.8 Å². The van der Waals surface area contributed by atoms with Crippen molar-refractivity contribution in [3.8, 4) is 0 Å². The fraction of sp³-hybridized carbons (Fsp3) is 0.467. The third-order valence-corrected chi connectivity index (χ3v) is 3.75. The van der Waals surface area contributed by atoms with Gasteiger partial charge in [0.15, 0.2) is 0 Å². The Morgan fingerprint density at radius 3 is 2.47 bits per heavy atom. The third kappa shape index (κ3) is 2.62. The maximum absolute atomic E-state index is 12.6. The summed E-state index contributed by atoms with van der Waals surface area (Å²) in [6.45, 7) is 6.15. The lowest BCUT2D eigenvalue weighted by molar-refractivity contribution is -0.129. The number of nitrogens with one attached hydrogen (secondary N) is 1. The summed E-state index contributed by atoms with van der Waals surface area (Å²) in [7, 11) is 0. The van der Waals surface area contributed by atoms with E-state index in [1.807, 2.05) is 38.1 Å². The molecule has 1 N–H and O–H groups in total. The Morgan fingerprint density at radius 1 is 1.26 bits per heavy atom. The molecule has 0 spiro atoms. The molecule has 1 aromatic carbocycles. The van der Waals surface area contributed by atoms with E-state index in [4.69, 9.17) is 0 Å². The highest BCUT2D eigenvalue weighted by atomic mass is 16.2. The van der Waals surface area contributed by atoms with E-state index >= 15 is 0 Å². The number of carbonyl (C=O) groups excluding carboxylic acids is 2. The molecule has 0 aromatic heterocycles. The molecule has 0 radical (unpaired) electrons. The van der Waals surface area contributed by atoms with Crippen LogP contribution >= 0.6 is 0 Å². The summed E-state index contributed by atoms with van der Waals surface area (Å²) in [4.78, 5) is 26.1. The number of rotatable bonds is 2. The van der Waals surface area contributed by atoms with Crippen molar-refractivity contribution in [2.24, 2.45) is 0 Å². The maximum atomic E-state index is 12.6. The van der Waals surface area contributed by atoms with Gasteiger partial charge in [0, 0.05) is 18.7 Å². The average molecular weight is 260 g/mol. The minimum absolute atomic E-state index is 0.0373. The zero-order valence-corrected chi connectivity index (χ0v) is 11.7. The molecule has 0 bridgehead atoms. The fourth-order valence-corrected chi connectivity index (χ4v) is 2.25. The number of carbonyl (C=O) groups is 2. The lowest BCUT2D eigenvalue weighted by Gasteiger charge is -2.31. The first kappa shape index (κ1) is 13.6. The molecule has 1 aliphatic rings. The van der Waals surface area contributed by atoms with Gasteiger partial charge in [-0.2, -0.15) is 0 Å². The van der Waals surface area contributed by atoms with Crippen molar-refractivity contribution in [1.29, 1.82) is 0 Å². The zero-order valence-electron chi connectivity index (χ0n) is 11.7. The summed E-state index contributed by atoms with van der Waals surface area (Å²) in [5.41, 5.74) is 1.20. The molecule has 1 saturated heterocycles. The van der Waals surface area contributed by atoms with Crippen LogP contribution < -0.4 is 10.2 Å². The van der Waals surface area contributed by atoms with E-state index in [-0.39, 0.29) is 11.8 Å². The van der Waals surface area contributed by atoms with Crippen LogP contribution in [0.15, 0.2) is 24.3 Å². The van der Waals surface area contributed by atoms with Gasteiger partial charge in [0.1, 0.15) is 5.54 Å². The van der Waals surface area contributed by atoms with E-state index in [1.165, 1.54) is 0 Å². The van der Waals surface area contributed by atoms with E-state index in [0.717, 1.165) is 11.3 Å². The molecule has 4 nitrogen and oxygen atoms in total. The highest BCUT2D eigenvalue weighted by Crippen LogP contribution is 2.23. The minimum atomic E-state index is -0.807. The molecule has 0 aliphatic carbocycles. The van der Waals surface area contributed by atoms with Crippen LogP contribution in [0.2, 0.25) is 0 Å². The number of hydrogen-bond donors (Lipinski definition) is 1. The van der Waals surface area contributed by atoms with Gasteiger partial charge in [0.05, 0.1) is 0 Å². The monoisotopic (exact) mass is 260 g/mol. The standard InChI is InChI=1S/C15H20N2O2/c1-4-15(3)14(19)17(10-9-13(18)16-15)12-7-5-11(2)6-8-12/h5-8H,4,9-10H2,1-3H3,(H,16,18). The molecule has 1 aliphatic heterocycles. The summed E-state index contributed by atoms with van der Waals surface area (Å²) < 4.78 is 0. The highest BCUT2D eigenvalue weighted by molar-refractivity contribution is 6.03. The second-order valence-electron chi connectivity index (χ2n) is 5.28. The molecule has 4 heteroatoms. The Hall–Kier alpha value is -1.84. The molecular formula is C15H20N2O2. The van der Waals surface area contributed by atoms with Crippen LogP contribution in [0.3, 0.4) is 0 Å². The molecular weight excluding hydrogens is 240 g/mol. The highest BCUT2D eigenvalue weighted by Gasteiger charge is 2.39. The molecule has 1 fully saturated rings. The van der Waals surface area contributed by atoms with Crippen molar-refractivity contribution in [2.75, 3.05) is 11.4 Å². The van der Waals surface area contributed by atoms with Crippen LogP contribution in [0.25, 0.3) is 0 Å². The van der Waals surface area contributed by atoms with Crippen LogP contribution in [0.5, 0.6) is 0 Å². The van der Waals surface area contributed by atoms with E-state index < -0.39 is 5.54 Å². The average Bonchev–Trinajstić information content (AvgIpc) is 2.50. The van der Waals surface area contributed by atoms with Crippen molar-refractivity contribution >= 4 is 17.5 Å². The van der Waals surface area contributed by atoms with Gasteiger partial charge in [-0.25, -0.2) is 0 Å². The van der Waals surface area contributed by atoms with Gasteiger partial charge < -0.3 is 10.2 Å². The van der Waals surface area contributed by atoms with Crippen molar-refractivity contribution in [1.82, 2.24) is 5.32 Å². The van der Waals surface area contributed by atoms with Gasteiger partial charge in [-0.1, -0.05) is 24.6 Å². The van der Waals surface area contributed by atoms with Crippen LogP contribution in [0.1, 0.15) is 32.3 Å².